The summed E-state index contributed by atoms with van der Waals surface area (Å²) in [4.78, 5) is 22.7. The van der Waals surface area contributed by atoms with E-state index < -0.39 is 12.1 Å². The molecule has 0 aliphatic heterocycles. The third-order valence-corrected chi connectivity index (χ3v) is 2.17. The van der Waals surface area contributed by atoms with Gasteiger partial charge in [0.05, 0.1) is 0 Å². The number of benzene rings is 1. The molecule has 0 saturated heterocycles. The lowest BCUT2D eigenvalue weighted by molar-refractivity contribution is -0.137. The number of hydrogen-bond donors (Lipinski definition) is 1. The highest BCUT2D eigenvalue weighted by molar-refractivity contribution is 5.76. The van der Waals surface area contributed by atoms with Gasteiger partial charge in [0.2, 0.25) is 0 Å². The Labute approximate surface area is 99.6 Å². The highest BCUT2D eigenvalue weighted by Gasteiger charge is 2.12. The monoisotopic (exact) mass is 237 g/mol. The summed E-state index contributed by atoms with van der Waals surface area (Å²) in [6, 6.07) is 7.56. The van der Waals surface area contributed by atoms with E-state index in [0.717, 1.165) is 16.0 Å². The first-order valence-corrected chi connectivity index (χ1v) is 5.14. The second-order valence-corrected chi connectivity index (χ2v) is 3.79. The fourth-order valence-corrected chi connectivity index (χ4v) is 1.21. The van der Waals surface area contributed by atoms with Crippen molar-refractivity contribution in [3.63, 3.8) is 0 Å². The first kappa shape index (κ1) is 13.0. The Bertz CT molecular complexity index is 399. The van der Waals surface area contributed by atoms with Crippen molar-refractivity contribution in [2.75, 3.05) is 13.6 Å². The summed E-state index contributed by atoms with van der Waals surface area (Å²) in [7, 11) is 1.38. The van der Waals surface area contributed by atoms with E-state index >= 15 is 0 Å². The van der Waals surface area contributed by atoms with Gasteiger partial charge >= 0.3 is 12.1 Å². The SMILES string of the molecule is Cc1ccc(COC(=O)N(C)CC(=O)O)cc1. The molecular formula is C12H15NO4. The van der Waals surface area contributed by atoms with Gasteiger partial charge in [0.15, 0.2) is 0 Å². The molecule has 1 aromatic rings. The van der Waals surface area contributed by atoms with Gasteiger partial charge in [-0.2, -0.15) is 0 Å². The number of hydrogen-bond acceptors (Lipinski definition) is 3. The Morgan fingerprint density at radius 3 is 2.41 bits per heavy atom. The van der Waals surface area contributed by atoms with Gasteiger partial charge in [0.1, 0.15) is 13.2 Å². The van der Waals surface area contributed by atoms with E-state index in [1.54, 1.807) is 0 Å². The number of ether oxygens (including phenoxy) is 1. The molecule has 92 valence electrons. The van der Waals surface area contributed by atoms with Crippen LogP contribution in [0.5, 0.6) is 0 Å². The van der Waals surface area contributed by atoms with Crippen LogP contribution in [0, 0.1) is 6.92 Å². The van der Waals surface area contributed by atoms with Crippen LogP contribution in [0.3, 0.4) is 0 Å². The first-order valence-electron chi connectivity index (χ1n) is 5.14. The number of amides is 1. The van der Waals surface area contributed by atoms with Crippen LogP contribution in [0.2, 0.25) is 0 Å². The molecule has 0 aliphatic rings. The van der Waals surface area contributed by atoms with Gasteiger partial charge in [0.25, 0.3) is 0 Å². The van der Waals surface area contributed by atoms with Crippen molar-refractivity contribution >= 4 is 12.1 Å². The van der Waals surface area contributed by atoms with Gasteiger partial charge < -0.3 is 14.7 Å². The maximum atomic E-state index is 11.4. The van der Waals surface area contributed by atoms with Crippen molar-refractivity contribution in [3.05, 3.63) is 35.4 Å². The first-order chi connectivity index (χ1) is 7.99. The fraction of sp³-hybridized carbons (Fsp3) is 0.333. The molecule has 0 saturated carbocycles. The number of rotatable bonds is 4. The Balaban J connectivity index is 2.42. The standard InChI is InChI=1S/C12H15NO4/c1-9-3-5-10(6-4-9)8-17-12(16)13(2)7-11(14)15/h3-6H,7-8H2,1-2H3,(H,14,15). The van der Waals surface area contributed by atoms with Crippen LogP contribution in [0.4, 0.5) is 4.79 Å². The van der Waals surface area contributed by atoms with E-state index in [4.69, 9.17) is 9.84 Å². The number of likely N-dealkylation sites (N-methyl/N-ethyl adjacent to an activating group) is 1. The van der Waals surface area contributed by atoms with E-state index in [2.05, 4.69) is 0 Å². The molecule has 0 radical (unpaired) electrons. The normalized spacial score (nSPS) is 9.76. The van der Waals surface area contributed by atoms with Crippen molar-refractivity contribution in [2.24, 2.45) is 0 Å². The van der Waals surface area contributed by atoms with Crippen LogP contribution in [-0.2, 0) is 16.1 Å². The van der Waals surface area contributed by atoms with Gasteiger partial charge in [-0.15, -0.1) is 0 Å². The van der Waals surface area contributed by atoms with E-state index in [1.807, 2.05) is 31.2 Å². The van der Waals surface area contributed by atoms with Crippen molar-refractivity contribution in [1.82, 2.24) is 4.90 Å². The van der Waals surface area contributed by atoms with Crippen LogP contribution in [0.1, 0.15) is 11.1 Å². The second-order valence-electron chi connectivity index (χ2n) is 3.79. The molecule has 0 bridgehead atoms. The number of carbonyl (C=O) groups excluding carboxylic acids is 1. The smallest absolute Gasteiger partial charge is 0.410 e. The lowest BCUT2D eigenvalue weighted by Gasteiger charge is -2.14. The third-order valence-electron chi connectivity index (χ3n) is 2.17. The van der Waals surface area contributed by atoms with Crippen LogP contribution >= 0.6 is 0 Å². The van der Waals surface area contributed by atoms with E-state index in [1.165, 1.54) is 7.05 Å². The minimum atomic E-state index is -1.07. The Morgan fingerprint density at radius 2 is 1.88 bits per heavy atom. The lowest BCUT2D eigenvalue weighted by atomic mass is 10.2. The molecule has 0 fully saturated rings. The Kier molecular flexibility index (Phi) is 4.51. The molecule has 0 unspecified atom stereocenters. The zero-order chi connectivity index (χ0) is 12.8. The molecule has 0 spiro atoms. The maximum Gasteiger partial charge on any atom is 0.410 e. The minimum Gasteiger partial charge on any atom is -0.480 e. The van der Waals surface area contributed by atoms with E-state index in [-0.39, 0.29) is 13.2 Å². The van der Waals surface area contributed by atoms with Gasteiger partial charge in [-0.3, -0.25) is 4.79 Å². The van der Waals surface area contributed by atoms with Crippen molar-refractivity contribution in [2.45, 2.75) is 13.5 Å². The molecular weight excluding hydrogens is 222 g/mol. The number of aryl methyl sites for hydroxylation is 1. The van der Waals surface area contributed by atoms with Crippen molar-refractivity contribution < 1.29 is 19.4 Å². The zero-order valence-electron chi connectivity index (χ0n) is 9.84. The average molecular weight is 237 g/mol. The summed E-state index contributed by atoms with van der Waals surface area (Å²) in [5.41, 5.74) is 2.00. The molecule has 0 atom stereocenters. The number of carbonyl (C=O) groups is 2. The summed E-state index contributed by atoms with van der Waals surface area (Å²) in [5.74, 6) is -1.07. The minimum absolute atomic E-state index is 0.142. The number of carboxylic acids is 1. The van der Waals surface area contributed by atoms with Gasteiger partial charge in [-0.25, -0.2) is 4.79 Å². The maximum absolute atomic E-state index is 11.4. The molecule has 1 rings (SSSR count). The lowest BCUT2D eigenvalue weighted by Crippen LogP contribution is -2.32. The molecule has 0 aromatic heterocycles. The molecule has 5 nitrogen and oxygen atoms in total. The van der Waals surface area contributed by atoms with Crippen molar-refractivity contribution in [1.29, 1.82) is 0 Å². The summed E-state index contributed by atoms with van der Waals surface area (Å²) in [6.07, 6.45) is -0.645. The highest BCUT2D eigenvalue weighted by atomic mass is 16.6. The number of carboxylic acid groups (broad SMARTS) is 1. The molecule has 17 heavy (non-hydrogen) atoms. The van der Waals surface area contributed by atoms with Crippen molar-refractivity contribution in [3.8, 4) is 0 Å². The fourth-order valence-electron chi connectivity index (χ4n) is 1.21. The number of aliphatic carboxylic acids is 1. The number of nitrogens with zero attached hydrogens (tertiary/aromatic N) is 1. The Morgan fingerprint density at radius 1 is 1.29 bits per heavy atom. The quantitative estimate of drug-likeness (QED) is 0.864. The van der Waals surface area contributed by atoms with Crippen LogP contribution in [0.15, 0.2) is 24.3 Å². The van der Waals surface area contributed by atoms with Crippen LogP contribution < -0.4 is 0 Å². The Hall–Kier alpha value is -2.04. The van der Waals surface area contributed by atoms with Gasteiger partial charge in [-0.1, -0.05) is 29.8 Å². The van der Waals surface area contributed by atoms with Gasteiger partial charge in [-0.05, 0) is 12.5 Å². The molecule has 1 N–H and O–H groups in total. The largest absolute Gasteiger partial charge is 0.480 e. The van der Waals surface area contributed by atoms with Crippen LogP contribution in [0.25, 0.3) is 0 Å². The molecule has 0 heterocycles. The van der Waals surface area contributed by atoms with Crippen LogP contribution in [-0.4, -0.2) is 35.7 Å². The summed E-state index contributed by atoms with van der Waals surface area (Å²) >= 11 is 0. The second kappa shape index (κ2) is 5.89. The molecule has 1 aromatic carbocycles. The van der Waals surface area contributed by atoms with Gasteiger partial charge in [0, 0.05) is 7.05 Å². The summed E-state index contributed by atoms with van der Waals surface area (Å²) in [5, 5.41) is 8.50. The summed E-state index contributed by atoms with van der Waals surface area (Å²) in [6.45, 7) is 1.74. The molecule has 0 aliphatic carbocycles. The third kappa shape index (κ3) is 4.55. The highest BCUT2D eigenvalue weighted by Crippen LogP contribution is 2.05. The molecule has 1 amide bonds. The zero-order valence-corrected chi connectivity index (χ0v) is 9.84. The molecule has 5 heteroatoms. The summed E-state index contributed by atoms with van der Waals surface area (Å²) < 4.78 is 4.95. The predicted molar refractivity (Wildman–Crippen MR) is 61.6 cm³/mol. The van der Waals surface area contributed by atoms with E-state index in [0.29, 0.717) is 0 Å². The average Bonchev–Trinajstić information content (AvgIpc) is 2.27. The predicted octanol–water partition coefficient (Wildman–Crippen LogP) is 1.65. The topological polar surface area (TPSA) is 66.8 Å². The van der Waals surface area contributed by atoms with E-state index in [9.17, 15) is 9.59 Å².